The average molecular weight is 245 g/mol. The van der Waals surface area contributed by atoms with E-state index in [1.54, 1.807) is 20.8 Å². The highest BCUT2D eigenvalue weighted by atomic mass is 16.6. The maximum atomic E-state index is 11.3. The quantitative estimate of drug-likeness (QED) is 0.779. The molecular formula is C12H23NO4. The first-order chi connectivity index (χ1) is 7.63. The fourth-order valence-electron chi connectivity index (χ4n) is 1.39. The summed E-state index contributed by atoms with van der Waals surface area (Å²) in [6.45, 7) is 9.35. The Hall–Kier alpha value is -1.26. The molecule has 1 atom stereocenters. The number of rotatable bonds is 5. The van der Waals surface area contributed by atoms with Crippen LogP contribution in [0.15, 0.2) is 0 Å². The topological polar surface area (TPSA) is 75.6 Å². The van der Waals surface area contributed by atoms with Crippen LogP contribution in [0.1, 0.15) is 41.0 Å². The molecule has 0 radical (unpaired) electrons. The zero-order valence-electron chi connectivity index (χ0n) is 11.2. The van der Waals surface area contributed by atoms with E-state index in [0.29, 0.717) is 13.0 Å². The molecule has 5 heteroatoms. The highest BCUT2D eigenvalue weighted by Gasteiger charge is 2.22. The van der Waals surface area contributed by atoms with Crippen LogP contribution in [0.25, 0.3) is 0 Å². The zero-order valence-corrected chi connectivity index (χ0v) is 11.2. The molecule has 2 N–H and O–H groups in total. The van der Waals surface area contributed by atoms with Gasteiger partial charge in [0.25, 0.3) is 0 Å². The van der Waals surface area contributed by atoms with Gasteiger partial charge in [0.15, 0.2) is 0 Å². The van der Waals surface area contributed by atoms with E-state index >= 15 is 0 Å². The molecule has 100 valence electrons. The maximum Gasteiger partial charge on any atom is 0.407 e. The van der Waals surface area contributed by atoms with Crippen molar-refractivity contribution in [2.24, 2.45) is 11.8 Å². The smallest absolute Gasteiger partial charge is 0.407 e. The number of ether oxygens (including phenoxy) is 1. The van der Waals surface area contributed by atoms with Crippen LogP contribution < -0.4 is 5.32 Å². The van der Waals surface area contributed by atoms with Gasteiger partial charge in [0.1, 0.15) is 5.60 Å². The minimum atomic E-state index is -0.828. The summed E-state index contributed by atoms with van der Waals surface area (Å²) >= 11 is 0. The fraction of sp³-hybridized carbons (Fsp3) is 0.833. The second-order valence-corrected chi connectivity index (χ2v) is 5.41. The number of hydrogen-bond acceptors (Lipinski definition) is 3. The lowest BCUT2D eigenvalue weighted by Gasteiger charge is -2.20. The number of amides is 1. The lowest BCUT2D eigenvalue weighted by atomic mass is 9.93. The SMILES string of the molecule is CC(C)C(CCNC(=O)OC(C)(C)C)C(=O)O. The van der Waals surface area contributed by atoms with Crippen molar-refractivity contribution in [1.29, 1.82) is 0 Å². The molecule has 0 fully saturated rings. The Morgan fingerprint density at radius 2 is 1.82 bits per heavy atom. The van der Waals surface area contributed by atoms with Crippen molar-refractivity contribution in [2.45, 2.75) is 46.6 Å². The van der Waals surface area contributed by atoms with Crippen molar-refractivity contribution >= 4 is 12.1 Å². The molecule has 0 aliphatic heterocycles. The minimum absolute atomic E-state index is 0.0490. The normalized spacial score (nSPS) is 13.3. The first kappa shape index (κ1) is 15.7. The monoisotopic (exact) mass is 245 g/mol. The number of carboxylic acid groups (broad SMARTS) is 1. The minimum Gasteiger partial charge on any atom is -0.481 e. The fourth-order valence-corrected chi connectivity index (χ4v) is 1.39. The van der Waals surface area contributed by atoms with Crippen molar-refractivity contribution in [3.05, 3.63) is 0 Å². The summed E-state index contributed by atoms with van der Waals surface area (Å²) in [4.78, 5) is 22.2. The van der Waals surface area contributed by atoms with Crippen molar-refractivity contribution in [2.75, 3.05) is 6.54 Å². The molecule has 0 aromatic carbocycles. The summed E-state index contributed by atoms with van der Waals surface area (Å²) in [6.07, 6.45) is -0.0999. The van der Waals surface area contributed by atoms with E-state index in [2.05, 4.69) is 5.32 Å². The number of aliphatic carboxylic acids is 1. The molecule has 0 heterocycles. The van der Waals surface area contributed by atoms with E-state index in [0.717, 1.165) is 0 Å². The number of carbonyl (C=O) groups excluding carboxylic acids is 1. The summed E-state index contributed by atoms with van der Waals surface area (Å²) in [7, 11) is 0. The van der Waals surface area contributed by atoms with Crippen LogP contribution in [-0.4, -0.2) is 29.3 Å². The largest absolute Gasteiger partial charge is 0.481 e. The van der Waals surface area contributed by atoms with Gasteiger partial charge in [0.05, 0.1) is 5.92 Å². The second kappa shape index (κ2) is 6.47. The Kier molecular flexibility index (Phi) is 5.99. The van der Waals surface area contributed by atoms with Crippen LogP contribution in [0, 0.1) is 11.8 Å². The summed E-state index contributed by atoms with van der Waals surface area (Å²) in [5, 5.41) is 11.5. The third-order valence-corrected chi connectivity index (χ3v) is 2.25. The van der Waals surface area contributed by atoms with Crippen molar-refractivity contribution in [3.8, 4) is 0 Å². The molecule has 0 spiro atoms. The Morgan fingerprint density at radius 3 is 2.18 bits per heavy atom. The first-order valence-corrected chi connectivity index (χ1v) is 5.83. The second-order valence-electron chi connectivity index (χ2n) is 5.41. The van der Waals surface area contributed by atoms with Gasteiger partial charge in [-0.2, -0.15) is 0 Å². The predicted molar refractivity (Wildman–Crippen MR) is 64.8 cm³/mol. The number of alkyl carbamates (subject to hydrolysis) is 1. The van der Waals surface area contributed by atoms with Gasteiger partial charge in [-0.25, -0.2) is 4.79 Å². The molecule has 1 amide bonds. The van der Waals surface area contributed by atoms with E-state index in [1.165, 1.54) is 0 Å². The Labute approximate surface area is 103 Å². The van der Waals surface area contributed by atoms with Crippen LogP contribution in [0.4, 0.5) is 4.79 Å². The van der Waals surface area contributed by atoms with Crippen LogP contribution in [0.2, 0.25) is 0 Å². The maximum absolute atomic E-state index is 11.3. The van der Waals surface area contributed by atoms with Gasteiger partial charge in [-0.3, -0.25) is 4.79 Å². The molecule has 0 aromatic rings. The highest BCUT2D eigenvalue weighted by molar-refractivity contribution is 5.70. The summed E-state index contributed by atoms with van der Waals surface area (Å²) in [5.74, 6) is -1.22. The lowest BCUT2D eigenvalue weighted by Crippen LogP contribution is -2.34. The van der Waals surface area contributed by atoms with Gasteiger partial charge in [0, 0.05) is 6.54 Å². The Morgan fingerprint density at radius 1 is 1.29 bits per heavy atom. The number of hydrogen-bond donors (Lipinski definition) is 2. The lowest BCUT2D eigenvalue weighted by molar-refractivity contribution is -0.143. The molecule has 0 aliphatic carbocycles. The van der Waals surface area contributed by atoms with Gasteiger partial charge in [-0.05, 0) is 33.1 Å². The third kappa shape index (κ3) is 7.60. The van der Waals surface area contributed by atoms with Gasteiger partial charge < -0.3 is 15.2 Å². The van der Waals surface area contributed by atoms with Gasteiger partial charge in [-0.15, -0.1) is 0 Å². The van der Waals surface area contributed by atoms with E-state index < -0.39 is 23.6 Å². The molecule has 1 unspecified atom stereocenters. The van der Waals surface area contributed by atoms with Gasteiger partial charge >= 0.3 is 12.1 Å². The van der Waals surface area contributed by atoms with Gasteiger partial charge in [-0.1, -0.05) is 13.8 Å². The van der Waals surface area contributed by atoms with Crippen LogP contribution in [-0.2, 0) is 9.53 Å². The summed E-state index contributed by atoms with van der Waals surface area (Å²) < 4.78 is 5.04. The van der Waals surface area contributed by atoms with E-state index in [9.17, 15) is 9.59 Å². The molecule has 0 aliphatic rings. The standard InChI is InChI=1S/C12H23NO4/c1-8(2)9(10(14)15)6-7-13-11(16)17-12(3,4)5/h8-9H,6-7H2,1-5H3,(H,13,16)(H,14,15). The predicted octanol–water partition coefficient (Wildman–Crippen LogP) is 2.26. The molecule has 17 heavy (non-hydrogen) atoms. The van der Waals surface area contributed by atoms with E-state index in [4.69, 9.17) is 9.84 Å². The van der Waals surface area contributed by atoms with Crippen LogP contribution >= 0.6 is 0 Å². The molecule has 0 aromatic heterocycles. The summed E-state index contributed by atoms with van der Waals surface area (Å²) in [5.41, 5.74) is -0.533. The van der Waals surface area contributed by atoms with Crippen molar-refractivity contribution in [3.63, 3.8) is 0 Å². The Balaban J connectivity index is 3.98. The van der Waals surface area contributed by atoms with E-state index in [-0.39, 0.29) is 5.92 Å². The van der Waals surface area contributed by atoms with Crippen LogP contribution in [0.5, 0.6) is 0 Å². The van der Waals surface area contributed by atoms with Crippen LogP contribution in [0.3, 0.4) is 0 Å². The third-order valence-electron chi connectivity index (χ3n) is 2.25. The van der Waals surface area contributed by atoms with Crippen molar-refractivity contribution < 1.29 is 19.4 Å². The average Bonchev–Trinajstić information content (AvgIpc) is 2.07. The van der Waals surface area contributed by atoms with Gasteiger partial charge in [0.2, 0.25) is 0 Å². The molecule has 0 saturated carbocycles. The number of carbonyl (C=O) groups is 2. The molecule has 5 nitrogen and oxygen atoms in total. The molecule has 0 saturated heterocycles. The number of carboxylic acids is 1. The molecule has 0 rings (SSSR count). The first-order valence-electron chi connectivity index (χ1n) is 5.83. The highest BCUT2D eigenvalue weighted by Crippen LogP contribution is 2.14. The van der Waals surface area contributed by atoms with Crippen molar-refractivity contribution in [1.82, 2.24) is 5.32 Å². The zero-order chi connectivity index (χ0) is 13.6. The molecule has 0 bridgehead atoms. The molecular weight excluding hydrogens is 222 g/mol. The number of nitrogens with one attached hydrogen (secondary N) is 1. The Bertz CT molecular complexity index is 268. The summed E-state index contributed by atoms with van der Waals surface area (Å²) in [6, 6.07) is 0. The van der Waals surface area contributed by atoms with E-state index in [1.807, 2.05) is 13.8 Å².